The van der Waals surface area contributed by atoms with Crippen molar-refractivity contribution in [3.8, 4) is 0 Å². The largest absolute Gasteiger partial charge is 0.371 e. The molecule has 0 amide bonds. The fraction of sp³-hybridized carbons (Fsp3) is 0.647. The third-order valence-corrected chi connectivity index (χ3v) is 3.22. The summed E-state index contributed by atoms with van der Waals surface area (Å²) in [5.41, 5.74) is 1.39. The summed E-state index contributed by atoms with van der Waals surface area (Å²) in [4.78, 5) is 2.53. The molecule has 1 aliphatic rings. The molecule has 104 valence electrons. The van der Waals surface area contributed by atoms with E-state index in [1.165, 1.54) is 38.0 Å². The fourth-order valence-corrected chi connectivity index (χ4v) is 2.27. The maximum atomic E-state index is 2.53. The molecule has 0 spiro atoms. The number of benzene rings is 1. The minimum absolute atomic E-state index is 0.906. The highest BCUT2D eigenvalue weighted by Gasteiger charge is 2.17. The van der Waals surface area contributed by atoms with E-state index in [-0.39, 0.29) is 0 Å². The van der Waals surface area contributed by atoms with E-state index in [1.54, 1.807) is 0 Å². The molecular weight excluding hydrogens is 218 g/mol. The Morgan fingerprint density at radius 2 is 1.67 bits per heavy atom. The second-order valence-corrected chi connectivity index (χ2v) is 4.20. The molecule has 0 radical (unpaired) electrons. The number of nitrogens with zero attached hydrogens (tertiary/aromatic N) is 1. The predicted molar refractivity (Wildman–Crippen MR) is 84.4 cm³/mol. The number of hydrogen-bond acceptors (Lipinski definition) is 1. The van der Waals surface area contributed by atoms with Crippen LogP contribution in [-0.2, 0) is 0 Å². The number of hydrogen-bond donors (Lipinski definition) is 0. The zero-order chi connectivity index (χ0) is 13.8. The first-order valence-corrected chi connectivity index (χ1v) is 7.70. The van der Waals surface area contributed by atoms with Gasteiger partial charge in [-0.3, -0.25) is 0 Å². The molecule has 18 heavy (non-hydrogen) atoms. The summed E-state index contributed by atoms with van der Waals surface area (Å²) in [5.74, 6) is 0.906. The Hall–Kier alpha value is -0.980. The van der Waals surface area contributed by atoms with E-state index in [9.17, 15) is 0 Å². The van der Waals surface area contributed by atoms with E-state index >= 15 is 0 Å². The first-order valence-electron chi connectivity index (χ1n) is 7.70. The summed E-state index contributed by atoms with van der Waals surface area (Å²) in [6.07, 6.45) is 4.09. The van der Waals surface area contributed by atoms with Gasteiger partial charge < -0.3 is 4.90 Å². The molecule has 1 unspecified atom stereocenters. The zero-order valence-corrected chi connectivity index (χ0v) is 12.9. The van der Waals surface area contributed by atoms with E-state index in [1.807, 2.05) is 27.7 Å². The van der Waals surface area contributed by atoms with E-state index in [4.69, 9.17) is 0 Å². The molecule has 1 heteroatoms. The van der Waals surface area contributed by atoms with Gasteiger partial charge >= 0.3 is 0 Å². The van der Waals surface area contributed by atoms with E-state index in [2.05, 4.69) is 42.2 Å². The Morgan fingerprint density at radius 1 is 1.06 bits per heavy atom. The van der Waals surface area contributed by atoms with E-state index < -0.39 is 0 Å². The van der Waals surface area contributed by atoms with Crippen molar-refractivity contribution in [2.24, 2.45) is 5.92 Å². The molecule has 0 saturated carbocycles. The molecule has 0 N–H and O–H groups in total. The van der Waals surface area contributed by atoms with Gasteiger partial charge in [0.15, 0.2) is 0 Å². The van der Waals surface area contributed by atoms with Gasteiger partial charge in [-0.05, 0) is 30.9 Å². The standard InChI is InChI=1S/C13H19N.2C2H6/c1-2-12-7-6-10-14(11-12)13-8-4-3-5-9-13;2*1-2/h3-5,8-9,12H,2,6-7,10-11H2,1H3;2*1-2H3. The molecule has 0 aliphatic carbocycles. The topological polar surface area (TPSA) is 3.24 Å². The van der Waals surface area contributed by atoms with Crippen molar-refractivity contribution in [2.45, 2.75) is 53.9 Å². The van der Waals surface area contributed by atoms with Crippen LogP contribution >= 0.6 is 0 Å². The predicted octanol–water partition coefficient (Wildman–Crippen LogP) is 5.37. The van der Waals surface area contributed by atoms with Crippen LogP contribution in [-0.4, -0.2) is 13.1 Å². The minimum Gasteiger partial charge on any atom is -0.371 e. The first-order chi connectivity index (χ1) is 8.90. The highest BCUT2D eigenvalue weighted by atomic mass is 15.1. The average Bonchev–Trinajstić information content (AvgIpc) is 2.52. The van der Waals surface area contributed by atoms with Crippen LogP contribution in [0, 0.1) is 5.92 Å². The SMILES string of the molecule is CC.CC.CCC1CCCN(c2ccccc2)C1. The van der Waals surface area contributed by atoms with Crippen molar-refractivity contribution in [3.63, 3.8) is 0 Å². The van der Waals surface area contributed by atoms with Crippen molar-refractivity contribution >= 4 is 5.69 Å². The molecule has 0 aromatic heterocycles. The summed E-state index contributed by atoms with van der Waals surface area (Å²) in [7, 11) is 0. The molecule has 2 rings (SSSR count). The van der Waals surface area contributed by atoms with Crippen LogP contribution in [0.4, 0.5) is 5.69 Å². The van der Waals surface area contributed by atoms with Crippen LogP contribution in [0.1, 0.15) is 53.9 Å². The second kappa shape index (κ2) is 11.1. The van der Waals surface area contributed by atoms with Gasteiger partial charge in [0.25, 0.3) is 0 Å². The average molecular weight is 249 g/mol. The van der Waals surface area contributed by atoms with Gasteiger partial charge in [0.1, 0.15) is 0 Å². The summed E-state index contributed by atoms with van der Waals surface area (Å²) >= 11 is 0. The third kappa shape index (κ3) is 5.57. The van der Waals surface area contributed by atoms with Gasteiger partial charge in [-0.15, -0.1) is 0 Å². The molecule has 1 nitrogen and oxygen atoms in total. The quantitative estimate of drug-likeness (QED) is 0.681. The Morgan fingerprint density at radius 3 is 2.22 bits per heavy atom. The molecular formula is C17H31N. The Bertz CT molecular complexity index is 268. The van der Waals surface area contributed by atoms with Crippen LogP contribution < -0.4 is 4.90 Å². The maximum Gasteiger partial charge on any atom is 0.0366 e. The lowest BCUT2D eigenvalue weighted by molar-refractivity contribution is 0.405. The summed E-state index contributed by atoms with van der Waals surface area (Å²) in [6, 6.07) is 10.8. The molecule has 0 bridgehead atoms. The van der Waals surface area contributed by atoms with Gasteiger partial charge in [0.05, 0.1) is 0 Å². The fourth-order valence-electron chi connectivity index (χ4n) is 2.27. The van der Waals surface area contributed by atoms with Crippen molar-refractivity contribution in [3.05, 3.63) is 30.3 Å². The smallest absolute Gasteiger partial charge is 0.0366 e. The molecule has 1 aromatic rings. The number of anilines is 1. The molecule has 1 heterocycles. The van der Waals surface area contributed by atoms with Crippen molar-refractivity contribution in [1.29, 1.82) is 0 Å². The van der Waals surface area contributed by atoms with Gasteiger partial charge in [-0.2, -0.15) is 0 Å². The van der Waals surface area contributed by atoms with Crippen molar-refractivity contribution in [1.82, 2.24) is 0 Å². The highest BCUT2D eigenvalue weighted by molar-refractivity contribution is 5.46. The van der Waals surface area contributed by atoms with Crippen molar-refractivity contribution < 1.29 is 0 Å². The lowest BCUT2D eigenvalue weighted by atomic mass is 9.95. The van der Waals surface area contributed by atoms with Gasteiger partial charge in [0.2, 0.25) is 0 Å². The van der Waals surface area contributed by atoms with Gasteiger partial charge in [-0.1, -0.05) is 59.2 Å². The number of piperidine rings is 1. The monoisotopic (exact) mass is 249 g/mol. The summed E-state index contributed by atoms with van der Waals surface area (Å²) < 4.78 is 0. The number of rotatable bonds is 2. The Kier molecular flexibility index (Phi) is 10.5. The number of para-hydroxylation sites is 1. The summed E-state index contributed by atoms with van der Waals surface area (Å²) in [6.45, 7) is 12.8. The lowest BCUT2D eigenvalue weighted by Crippen LogP contribution is -2.35. The molecule has 1 atom stereocenters. The first kappa shape index (κ1) is 17.0. The van der Waals surface area contributed by atoms with E-state index in [0.29, 0.717) is 0 Å². The highest BCUT2D eigenvalue weighted by Crippen LogP contribution is 2.24. The summed E-state index contributed by atoms with van der Waals surface area (Å²) in [5, 5.41) is 0. The van der Waals surface area contributed by atoms with Gasteiger partial charge in [0, 0.05) is 18.8 Å². The van der Waals surface area contributed by atoms with Crippen LogP contribution in [0.25, 0.3) is 0 Å². The maximum absolute atomic E-state index is 2.53. The second-order valence-electron chi connectivity index (χ2n) is 4.20. The van der Waals surface area contributed by atoms with Crippen molar-refractivity contribution in [2.75, 3.05) is 18.0 Å². The molecule has 1 aromatic carbocycles. The van der Waals surface area contributed by atoms with Gasteiger partial charge in [-0.25, -0.2) is 0 Å². The van der Waals surface area contributed by atoms with Crippen LogP contribution in [0.3, 0.4) is 0 Å². The Balaban J connectivity index is 0.000000659. The molecule has 1 saturated heterocycles. The Labute approximate surface area is 114 Å². The van der Waals surface area contributed by atoms with E-state index in [0.717, 1.165) is 5.92 Å². The van der Waals surface area contributed by atoms with Crippen LogP contribution in [0.5, 0.6) is 0 Å². The molecule has 1 fully saturated rings. The van der Waals surface area contributed by atoms with Crippen LogP contribution in [0.15, 0.2) is 30.3 Å². The minimum atomic E-state index is 0.906. The molecule has 1 aliphatic heterocycles. The van der Waals surface area contributed by atoms with Crippen LogP contribution in [0.2, 0.25) is 0 Å². The third-order valence-electron chi connectivity index (χ3n) is 3.22. The zero-order valence-electron chi connectivity index (χ0n) is 12.9. The normalized spacial score (nSPS) is 18.1. The lowest BCUT2D eigenvalue weighted by Gasteiger charge is -2.34.